The smallest absolute Gasteiger partial charge is 0.344 e. The molecular weight excluding hydrogens is 312 g/mol. The quantitative estimate of drug-likeness (QED) is 0.810. The lowest BCUT2D eigenvalue weighted by Crippen LogP contribution is -2.07. The number of halogens is 1. The monoisotopic (exact) mass is 324 g/mol. The summed E-state index contributed by atoms with van der Waals surface area (Å²) in [4.78, 5) is 16.2. The van der Waals surface area contributed by atoms with Crippen LogP contribution in [0.1, 0.15) is 28.6 Å². The van der Waals surface area contributed by atoms with Crippen LogP contribution < -0.4 is 0 Å². The SMILES string of the molecule is CCOC(=O)c1c(-c2ncc(Br)cc2C)noc1C. The number of pyridine rings is 1. The Labute approximate surface area is 119 Å². The van der Waals surface area contributed by atoms with Gasteiger partial charge in [0.2, 0.25) is 0 Å². The molecule has 2 rings (SSSR count). The predicted octanol–water partition coefficient (Wildman–Crippen LogP) is 3.29. The first-order valence-corrected chi connectivity index (χ1v) is 6.59. The van der Waals surface area contributed by atoms with Crippen LogP contribution in [-0.4, -0.2) is 22.7 Å². The Morgan fingerprint density at radius 1 is 1.42 bits per heavy atom. The number of rotatable bonds is 3. The van der Waals surface area contributed by atoms with Crippen molar-refractivity contribution in [3.8, 4) is 11.4 Å². The van der Waals surface area contributed by atoms with Gasteiger partial charge in [0.25, 0.3) is 0 Å². The van der Waals surface area contributed by atoms with Crippen LogP contribution in [-0.2, 0) is 4.74 Å². The lowest BCUT2D eigenvalue weighted by molar-refractivity contribution is 0.0525. The molecule has 0 saturated heterocycles. The van der Waals surface area contributed by atoms with Gasteiger partial charge in [0.05, 0.1) is 12.3 Å². The zero-order valence-electron chi connectivity index (χ0n) is 10.9. The van der Waals surface area contributed by atoms with Crippen molar-refractivity contribution in [2.45, 2.75) is 20.8 Å². The number of hydrogen-bond acceptors (Lipinski definition) is 5. The second-order valence-electron chi connectivity index (χ2n) is 4.00. The number of hydrogen-bond donors (Lipinski definition) is 0. The molecule has 0 aliphatic heterocycles. The van der Waals surface area contributed by atoms with Crippen molar-refractivity contribution in [2.24, 2.45) is 0 Å². The van der Waals surface area contributed by atoms with Crippen molar-refractivity contribution in [1.82, 2.24) is 10.1 Å². The summed E-state index contributed by atoms with van der Waals surface area (Å²) in [6.45, 7) is 5.63. The van der Waals surface area contributed by atoms with E-state index in [1.54, 1.807) is 20.0 Å². The van der Waals surface area contributed by atoms with E-state index in [0.29, 0.717) is 29.3 Å². The fourth-order valence-electron chi connectivity index (χ4n) is 1.77. The first-order chi connectivity index (χ1) is 9.04. The van der Waals surface area contributed by atoms with Gasteiger partial charge in [-0.15, -0.1) is 0 Å². The fourth-order valence-corrected chi connectivity index (χ4v) is 2.21. The third-order valence-electron chi connectivity index (χ3n) is 2.61. The van der Waals surface area contributed by atoms with Crippen LogP contribution in [0.5, 0.6) is 0 Å². The molecule has 6 heteroatoms. The Kier molecular flexibility index (Phi) is 3.99. The van der Waals surface area contributed by atoms with E-state index in [0.717, 1.165) is 10.0 Å². The molecule has 2 heterocycles. The Balaban J connectivity index is 2.54. The van der Waals surface area contributed by atoms with E-state index in [2.05, 4.69) is 26.1 Å². The van der Waals surface area contributed by atoms with Gasteiger partial charge in [0, 0.05) is 10.7 Å². The van der Waals surface area contributed by atoms with Crippen molar-refractivity contribution >= 4 is 21.9 Å². The van der Waals surface area contributed by atoms with E-state index < -0.39 is 5.97 Å². The highest BCUT2D eigenvalue weighted by Crippen LogP contribution is 2.28. The number of carbonyl (C=O) groups is 1. The molecule has 0 saturated carbocycles. The molecule has 0 atom stereocenters. The molecular formula is C13H13BrN2O3. The molecule has 0 bridgehead atoms. The van der Waals surface area contributed by atoms with Crippen molar-refractivity contribution < 1.29 is 14.1 Å². The summed E-state index contributed by atoms with van der Waals surface area (Å²) in [5.41, 5.74) is 2.26. The predicted molar refractivity (Wildman–Crippen MR) is 72.9 cm³/mol. The Morgan fingerprint density at radius 3 is 2.79 bits per heavy atom. The number of aromatic nitrogens is 2. The number of carbonyl (C=O) groups excluding carboxylic acids is 1. The summed E-state index contributed by atoms with van der Waals surface area (Å²) in [6, 6.07) is 1.90. The van der Waals surface area contributed by atoms with Crippen LogP contribution in [0.4, 0.5) is 0 Å². The van der Waals surface area contributed by atoms with Gasteiger partial charge in [-0.25, -0.2) is 4.79 Å². The summed E-state index contributed by atoms with van der Waals surface area (Å²) in [6.07, 6.45) is 1.65. The summed E-state index contributed by atoms with van der Waals surface area (Å²) in [5, 5.41) is 3.93. The van der Waals surface area contributed by atoms with E-state index in [9.17, 15) is 4.79 Å². The number of nitrogens with zero attached hydrogens (tertiary/aromatic N) is 2. The third-order valence-corrected chi connectivity index (χ3v) is 3.05. The highest BCUT2D eigenvalue weighted by molar-refractivity contribution is 9.10. The van der Waals surface area contributed by atoms with Crippen molar-refractivity contribution in [2.75, 3.05) is 6.61 Å². The lowest BCUT2D eigenvalue weighted by Gasteiger charge is -2.05. The van der Waals surface area contributed by atoms with Crippen LogP contribution in [0.25, 0.3) is 11.4 Å². The molecule has 0 radical (unpaired) electrons. The van der Waals surface area contributed by atoms with Crippen LogP contribution >= 0.6 is 15.9 Å². The lowest BCUT2D eigenvalue weighted by atomic mass is 10.1. The maximum atomic E-state index is 11.9. The molecule has 2 aromatic rings. The minimum atomic E-state index is -0.444. The molecule has 100 valence electrons. The van der Waals surface area contributed by atoms with Crippen LogP contribution in [0.2, 0.25) is 0 Å². The second kappa shape index (κ2) is 5.52. The average Bonchev–Trinajstić information content (AvgIpc) is 2.71. The van der Waals surface area contributed by atoms with Gasteiger partial charge in [-0.2, -0.15) is 0 Å². The zero-order valence-corrected chi connectivity index (χ0v) is 12.4. The molecule has 0 amide bonds. The first kappa shape index (κ1) is 13.7. The molecule has 0 aliphatic carbocycles. The van der Waals surface area contributed by atoms with Crippen molar-refractivity contribution in [3.63, 3.8) is 0 Å². The van der Waals surface area contributed by atoms with Crippen LogP contribution in [0, 0.1) is 13.8 Å². The molecule has 0 aliphatic rings. The number of ether oxygens (including phenoxy) is 1. The minimum Gasteiger partial charge on any atom is -0.462 e. The molecule has 0 fully saturated rings. The molecule has 0 N–H and O–H groups in total. The maximum absolute atomic E-state index is 11.9. The van der Waals surface area contributed by atoms with E-state index in [-0.39, 0.29) is 0 Å². The van der Waals surface area contributed by atoms with Crippen molar-refractivity contribution in [3.05, 3.63) is 33.6 Å². The van der Waals surface area contributed by atoms with Gasteiger partial charge in [0.15, 0.2) is 0 Å². The minimum absolute atomic E-state index is 0.301. The van der Waals surface area contributed by atoms with Crippen LogP contribution in [0.3, 0.4) is 0 Å². The molecule has 0 unspecified atom stereocenters. The zero-order chi connectivity index (χ0) is 14.0. The van der Waals surface area contributed by atoms with Gasteiger partial charge in [-0.3, -0.25) is 4.98 Å². The molecule has 5 nitrogen and oxygen atoms in total. The number of esters is 1. The highest BCUT2D eigenvalue weighted by atomic mass is 79.9. The molecule has 19 heavy (non-hydrogen) atoms. The summed E-state index contributed by atoms with van der Waals surface area (Å²) >= 11 is 3.35. The van der Waals surface area contributed by atoms with E-state index >= 15 is 0 Å². The van der Waals surface area contributed by atoms with E-state index in [1.165, 1.54) is 0 Å². The van der Waals surface area contributed by atoms with Crippen LogP contribution in [0.15, 0.2) is 21.3 Å². The van der Waals surface area contributed by atoms with E-state index in [1.807, 2.05) is 13.0 Å². The topological polar surface area (TPSA) is 65.2 Å². The van der Waals surface area contributed by atoms with Gasteiger partial charge in [-0.1, -0.05) is 5.16 Å². The van der Waals surface area contributed by atoms with E-state index in [4.69, 9.17) is 9.26 Å². The fraction of sp³-hybridized carbons (Fsp3) is 0.308. The standard InChI is InChI=1S/C13H13BrN2O3/c1-4-18-13(17)10-8(3)19-16-12(10)11-7(2)5-9(14)6-15-11/h5-6H,4H2,1-3H3. The maximum Gasteiger partial charge on any atom is 0.344 e. The third kappa shape index (κ3) is 2.68. The van der Waals surface area contributed by atoms with Crippen molar-refractivity contribution in [1.29, 1.82) is 0 Å². The van der Waals surface area contributed by atoms with Gasteiger partial charge in [-0.05, 0) is 48.3 Å². The first-order valence-electron chi connectivity index (χ1n) is 5.80. The molecule has 0 spiro atoms. The Hall–Kier alpha value is -1.69. The average molecular weight is 325 g/mol. The second-order valence-corrected chi connectivity index (χ2v) is 4.92. The van der Waals surface area contributed by atoms with Gasteiger partial charge >= 0.3 is 5.97 Å². The van der Waals surface area contributed by atoms with Gasteiger partial charge in [0.1, 0.15) is 17.0 Å². The highest BCUT2D eigenvalue weighted by Gasteiger charge is 2.24. The largest absolute Gasteiger partial charge is 0.462 e. The number of aryl methyl sites for hydroxylation is 2. The Bertz CT molecular complexity index is 622. The molecule has 0 aromatic carbocycles. The van der Waals surface area contributed by atoms with Gasteiger partial charge < -0.3 is 9.26 Å². The summed E-state index contributed by atoms with van der Waals surface area (Å²) < 4.78 is 11.0. The summed E-state index contributed by atoms with van der Waals surface area (Å²) in [5.74, 6) is -0.0158. The normalized spacial score (nSPS) is 10.5. The summed E-state index contributed by atoms with van der Waals surface area (Å²) in [7, 11) is 0. The Morgan fingerprint density at radius 2 is 2.16 bits per heavy atom. The molecule has 2 aromatic heterocycles.